The number of anilines is 2. The van der Waals surface area contributed by atoms with E-state index in [0.717, 1.165) is 43.4 Å². The number of nitrogens with one attached hydrogen (secondary N) is 1. The number of carbonyl (C=O) groups excluding carboxylic acids is 1. The van der Waals surface area contributed by atoms with Crippen LogP contribution in [-0.2, 0) is 9.53 Å². The van der Waals surface area contributed by atoms with Crippen molar-refractivity contribution >= 4 is 17.3 Å². The molecule has 24 heavy (non-hydrogen) atoms. The van der Waals surface area contributed by atoms with E-state index < -0.39 is 0 Å². The number of hydrogen-bond acceptors (Lipinski definition) is 4. The fraction of sp³-hybridized carbons (Fsp3) is 0.316. The van der Waals surface area contributed by atoms with Crippen molar-refractivity contribution in [1.29, 1.82) is 0 Å². The Bertz CT molecular complexity index is 637. The van der Waals surface area contributed by atoms with E-state index in [2.05, 4.69) is 10.2 Å². The first-order valence-electron chi connectivity index (χ1n) is 8.22. The van der Waals surface area contributed by atoms with Crippen molar-refractivity contribution in [2.75, 3.05) is 43.1 Å². The molecule has 0 saturated carbocycles. The monoisotopic (exact) mass is 326 g/mol. The number of nitrogens with zero attached hydrogens (tertiary/aromatic N) is 1. The molecule has 0 spiro atoms. The third-order valence-corrected chi connectivity index (χ3v) is 3.87. The SMILES string of the molecule is O=C(CCOc1ccccc1)Nc1ccc(N2CCOCC2)cc1. The molecule has 0 aromatic heterocycles. The van der Waals surface area contributed by atoms with Gasteiger partial charge in [0.25, 0.3) is 0 Å². The average molecular weight is 326 g/mol. The summed E-state index contributed by atoms with van der Waals surface area (Å²) >= 11 is 0. The summed E-state index contributed by atoms with van der Waals surface area (Å²) in [5, 5.41) is 2.90. The van der Waals surface area contributed by atoms with Crippen molar-refractivity contribution < 1.29 is 14.3 Å². The van der Waals surface area contributed by atoms with Crippen molar-refractivity contribution in [2.24, 2.45) is 0 Å². The molecule has 0 radical (unpaired) electrons. The molecule has 1 heterocycles. The smallest absolute Gasteiger partial charge is 0.227 e. The summed E-state index contributed by atoms with van der Waals surface area (Å²) in [6, 6.07) is 17.4. The molecule has 0 bridgehead atoms. The van der Waals surface area contributed by atoms with Crippen molar-refractivity contribution in [3.05, 3.63) is 54.6 Å². The van der Waals surface area contributed by atoms with Crippen LogP contribution in [0.3, 0.4) is 0 Å². The molecule has 126 valence electrons. The Morgan fingerprint density at radius 2 is 1.75 bits per heavy atom. The first-order valence-corrected chi connectivity index (χ1v) is 8.22. The van der Waals surface area contributed by atoms with E-state index in [4.69, 9.17) is 9.47 Å². The lowest BCUT2D eigenvalue weighted by Crippen LogP contribution is -2.36. The van der Waals surface area contributed by atoms with Gasteiger partial charge in [-0.2, -0.15) is 0 Å². The number of para-hydroxylation sites is 1. The summed E-state index contributed by atoms with van der Waals surface area (Å²) in [5.41, 5.74) is 1.96. The van der Waals surface area contributed by atoms with Gasteiger partial charge in [-0.05, 0) is 36.4 Å². The molecule has 2 aromatic carbocycles. The second-order valence-electron chi connectivity index (χ2n) is 5.61. The van der Waals surface area contributed by atoms with Gasteiger partial charge in [0.2, 0.25) is 5.91 Å². The van der Waals surface area contributed by atoms with Gasteiger partial charge >= 0.3 is 0 Å². The van der Waals surface area contributed by atoms with E-state index in [1.54, 1.807) is 0 Å². The first kappa shape index (κ1) is 16.3. The van der Waals surface area contributed by atoms with Gasteiger partial charge in [-0.1, -0.05) is 18.2 Å². The largest absolute Gasteiger partial charge is 0.493 e. The number of carbonyl (C=O) groups is 1. The Kier molecular flexibility index (Phi) is 5.69. The van der Waals surface area contributed by atoms with Crippen molar-refractivity contribution in [3.8, 4) is 5.75 Å². The van der Waals surface area contributed by atoms with Gasteiger partial charge in [0.1, 0.15) is 5.75 Å². The number of rotatable bonds is 6. The summed E-state index contributed by atoms with van der Waals surface area (Å²) in [4.78, 5) is 14.3. The third kappa shape index (κ3) is 4.73. The molecule has 1 saturated heterocycles. The van der Waals surface area contributed by atoms with Crippen molar-refractivity contribution in [2.45, 2.75) is 6.42 Å². The van der Waals surface area contributed by atoms with Crippen molar-refractivity contribution in [1.82, 2.24) is 0 Å². The number of morpholine rings is 1. The van der Waals surface area contributed by atoms with Gasteiger partial charge < -0.3 is 19.7 Å². The molecular weight excluding hydrogens is 304 g/mol. The predicted octanol–water partition coefficient (Wildman–Crippen LogP) is 2.93. The molecule has 3 rings (SSSR count). The van der Waals surface area contributed by atoms with E-state index in [1.165, 1.54) is 0 Å². The lowest BCUT2D eigenvalue weighted by molar-refractivity contribution is -0.116. The van der Waals surface area contributed by atoms with Crippen LogP contribution in [0.25, 0.3) is 0 Å². The maximum atomic E-state index is 12.0. The van der Waals surface area contributed by atoms with Gasteiger partial charge in [-0.15, -0.1) is 0 Å². The number of hydrogen-bond donors (Lipinski definition) is 1. The van der Waals surface area contributed by atoms with Gasteiger partial charge in [-0.3, -0.25) is 4.79 Å². The fourth-order valence-corrected chi connectivity index (χ4v) is 2.58. The van der Waals surface area contributed by atoms with Crippen LogP contribution < -0.4 is 15.0 Å². The van der Waals surface area contributed by atoms with E-state index >= 15 is 0 Å². The average Bonchev–Trinajstić information content (AvgIpc) is 2.64. The summed E-state index contributed by atoms with van der Waals surface area (Å²) in [6.07, 6.45) is 0.320. The standard InChI is InChI=1S/C19H22N2O3/c22-19(10-13-24-18-4-2-1-3-5-18)20-16-6-8-17(9-7-16)21-11-14-23-15-12-21/h1-9H,10-15H2,(H,20,22). The van der Waals surface area contributed by atoms with Crippen LogP contribution in [-0.4, -0.2) is 38.8 Å². The van der Waals surface area contributed by atoms with Crippen LogP contribution in [0.1, 0.15) is 6.42 Å². The van der Waals surface area contributed by atoms with Crippen molar-refractivity contribution in [3.63, 3.8) is 0 Å². The van der Waals surface area contributed by atoms with Gasteiger partial charge in [0.15, 0.2) is 0 Å². The Morgan fingerprint density at radius 1 is 1.04 bits per heavy atom. The molecule has 1 amide bonds. The number of benzene rings is 2. The highest BCUT2D eigenvalue weighted by Gasteiger charge is 2.11. The molecule has 1 fully saturated rings. The second-order valence-corrected chi connectivity index (χ2v) is 5.61. The van der Waals surface area contributed by atoms with Crippen LogP contribution in [0.4, 0.5) is 11.4 Å². The second kappa shape index (κ2) is 8.36. The summed E-state index contributed by atoms with van der Waals surface area (Å²) in [7, 11) is 0. The Labute approximate surface area is 142 Å². The zero-order valence-electron chi connectivity index (χ0n) is 13.6. The van der Waals surface area contributed by atoms with Gasteiger partial charge in [0.05, 0.1) is 26.2 Å². The van der Waals surface area contributed by atoms with E-state index in [0.29, 0.717) is 13.0 Å². The molecule has 0 aliphatic carbocycles. The molecule has 0 atom stereocenters. The minimum atomic E-state index is -0.0509. The summed E-state index contributed by atoms with van der Waals surface area (Å²) < 4.78 is 10.9. The molecular formula is C19H22N2O3. The first-order chi connectivity index (χ1) is 11.8. The van der Waals surface area contributed by atoms with Crippen LogP contribution >= 0.6 is 0 Å². The van der Waals surface area contributed by atoms with Crippen LogP contribution in [0.2, 0.25) is 0 Å². The van der Waals surface area contributed by atoms with Crippen LogP contribution in [0, 0.1) is 0 Å². The lowest BCUT2D eigenvalue weighted by atomic mass is 10.2. The molecule has 1 aliphatic rings. The maximum absolute atomic E-state index is 12.0. The highest BCUT2D eigenvalue weighted by Crippen LogP contribution is 2.19. The minimum absolute atomic E-state index is 0.0509. The maximum Gasteiger partial charge on any atom is 0.227 e. The molecule has 1 aliphatic heterocycles. The predicted molar refractivity (Wildman–Crippen MR) is 94.7 cm³/mol. The Morgan fingerprint density at radius 3 is 2.46 bits per heavy atom. The number of amides is 1. The fourth-order valence-electron chi connectivity index (χ4n) is 2.58. The quantitative estimate of drug-likeness (QED) is 0.887. The van der Waals surface area contributed by atoms with Gasteiger partial charge in [-0.25, -0.2) is 0 Å². The number of ether oxygens (including phenoxy) is 2. The van der Waals surface area contributed by atoms with Crippen LogP contribution in [0.5, 0.6) is 5.75 Å². The molecule has 5 nitrogen and oxygen atoms in total. The van der Waals surface area contributed by atoms with Crippen LogP contribution in [0.15, 0.2) is 54.6 Å². The summed E-state index contributed by atoms with van der Waals surface area (Å²) in [6.45, 7) is 3.70. The molecule has 0 unspecified atom stereocenters. The minimum Gasteiger partial charge on any atom is -0.493 e. The normalized spacial score (nSPS) is 14.2. The van der Waals surface area contributed by atoms with Gasteiger partial charge in [0, 0.05) is 24.5 Å². The molecule has 1 N–H and O–H groups in total. The zero-order chi connectivity index (χ0) is 16.6. The highest BCUT2D eigenvalue weighted by atomic mass is 16.5. The molecule has 2 aromatic rings. The lowest BCUT2D eigenvalue weighted by Gasteiger charge is -2.28. The molecule has 5 heteroatoms. The summed E-state index contributed by atoms with van der Waals surface area (Å²) in [5.74, 6) is 0.727. The highest BCUT2D eigenvalue weighted by molar-refractivity contribution is 5.90. The Balaban J connectivity index is 1.44. The zero-order valence-corrected chi connectivity index (χ0v) is 13.6. The van der Waals surface area contributed by atoms with E-state index in [9.17, 15) is 4.79 Å². The third-order valence-electron chi connectivity index (χ3n) is 3.87. The topological polar surface area (TPSA) is 50.8 Å². The van der Waals surface area contributed by atoms with E-state index in [-0.39, 0.29) is 5.91 Å². The van der Waals surface area contributed by atoms with E-state index in [1.807, 2.05) is 54.6 Å². The Hall–Kier alpha value is -2.53.